The summed E-state index contributed by atoms with van der Waals surface area (Å²) >= 11 is 0. The van der Waals surface area contributed by atoms with Gasteiger partial charge in [-0.1, -0.05) is 19.9 Å². The maximum atomic E-state index is 12.7. The van der Waals surface area contributed by atoms with Gasteiger partial charge in [-0.05, 0) is 30.5 Å². The second-order valence-corrected chi connectivity index (χ2v) is 4.38. The highest BCUT2D eigenvalue weighted by Gasteiger charge is 2.34. The van der Waals surface area contributed by atoms with Gasteiger partial charge in [0.2, 0.25) is 6.41 Å². The number of carbonyl (C=O) groups is 1. The summed E-state index contributed by atoms with van der Waals surface area (Å²) in [6.07, 6.45) is -3.60. The molecule has 0 aromatic heterocycles. The minimum Gasteiger partial charge on any atom is -0.388 e. The zero-order valence-corrected chi connectivity index (χ0v) is 12.1. The molecule has 1 aromatic carbocycles. The Bertz CT molecular complexity index is 417. The molecule has 0 aliphatic heterocycles. The average Bonchev–Trinajstić information content (AvgIpc) is 2.38. The van der Waals surface area contributed by atoms with E-state index in [2.05, 4.69) is 10.6 Å². The van der Waals surface area contributed by atoms with Crippen molar-refractivity contribution in [2.24, 2.45) is 0 Å². The van der Waals surface area contributed by atoms with E-state index in [1.165, 1.54) is 6.07 Å². The first-order valence-corrected chi connectivity index (χ1v) is 6.33. The van der Waals surface area contributed by atoms with Crippen molar-refractivity contribution in [1.29, 1.82) is 0 Å². The predicted octanol–water partition coefficient (Wildman–Crippen LogP) is 3.62. The van der Waals surface area contributed by atoms with E-state index in [1.807, 2.05) is 6.92 Å². The summed E-state index contributed by atoms with van der Waals surface area (Å²) in [5, 5.41) is 5.14. The maximum Gasteiger partial charge on any atom is 0.416 e. The molecule has 0 aliphatic carbocycles. The lowest BCUT2D eigenvalue weighted by Crippen LogP contribution is -2.10. The summed E-state index contributed by atoms with van der Waals surface area (Å²) in [7, 11) is 1.60. The Morgan fingerprint density at radius 1 is 1.30 bits per heavy atom. The molecule has 20 heavy (non-hydrogen) atoms. The van der Waals surface area contributed by atoms with Crippen molar-refractivity contribution in [3.05, 3.63) is 29.3 Å². The van der Waals surface area contributed by atoms with Crippen LogP contribution in [0.4, 0.5) is 18.9 Å². The van der Waals surface area contributed by atoms with Crippen molar-refractivity contribution in [3.63, 3.8) is 0 Å². The zero-order chi connectivity index (χ0) is 15.8. The van der Waals surface area contributed by atoms with E-state index in [1.54, 1.807) is 27.0 Å². The van der Waals surface area contributed by atoms with Crippen LogP contribution in [0.3, 0.4) is 0 Å². The first-order valence-electron chi connectivity index (χ1n) is 6.33. The van der Waals surface area contributed by atoms with Gasteiger partial charge in [0.15, 0.2) is 0 Å². The lowest BCUT2D eigenvalue weighted by molar-refractivity contribution is -0.138. The van der Waals surface area contributed by atoms with Crippen molar-refractivity contribution in [3.8, 4) is 0 Å². The monoisotopic (exact) mass is 290 g/mol. The van der Waals surface area contributed by atoms with Crippen LogP contribution >= 0.6 is 0 Å². The van der Waals surface area contributed by atoms with Gasteiger partial charge >= 0.3 is 6.18 Å². The Labute approximate surface area is 117 Å². The topological polar surface area (TPSA) is 41.1 Å². The molecule has 1 amide bonds. The van der Waals surface area contributed by atoms with E-state index < -0.39 is 11.7 Å². The van der Waals surface area contributed by atoms with E-state index in [9.17, 15) is 18.0 Å². The van der Waals surface area contributed by atoms with Gasteiger partial charge in [0.1, 0.15) is 0 Å². The van der Waals surface area contributed by atoms with Crippen LogP contribution in [0.5, 0.6) is 0 Å². The van der Waals surface area contributed by atoms with Crippen LogP contribution in [-0.2, 0) is 11.0 Å². The van der Waals surface area contributed by atoms with Gasteiger partial charge in [-0.25, -0.2) is 0 Å². The minimum absolute atomic E-state index is 0.132. The van der Waals surface area contributed by atoms with Crippen molar-refractivity contribution >= 4 is 12.1 Å². The van der Waals surface area contributed by atoms with Gasteiger partial charge in [-0.3, -0.25) is 4.79 Å². The molecule has 0 spiro atoms. The zero-order valence-electron chi connectivity index (χ0n) is 12.1. The van der Waals surface area contributed by atoms with E-state index in [-0.39, 0.29) is 5.92 Å². The lowest BCUT2D eigenvalue weighted by atomic mass is 9.96. The molecule has 1 aromatic rings. The van der Waals surface area contributed by atoms with Gasteiger partial charge in [-0.15, -0.1) is 0 Å². The highest BCUT2D eigenvalue weighted by Crippen LogP contribution is 2.36. The molecule has 3 nitrogen and oxygen atoms in total. The molecule has 0 saturated carbocycles. The standard InChI is InChI=1S/C11H14F3N.C3H7NO/c1-7(2)9-5-4-8(15-3)6-10(9)11(12,13)14;1-2-4-3-5/h4-7,15H,1-3H3;3H,2H2,1H3,(H,4,5). The summed E-state index contributed by atoms with van der Waals surface area (Å²) in [6, 6.07) is 4.33. The van der Waals surface area contributed by atoms with Crippen LogP contribution in [0.15, 0.2) is 18.2 Å². The van der Waals surface area contributed by atoms with Gasteiger partial charge in [0, 0.05) is 19.3 Å². The fourth-order valence-electron chi connectivity index (χ4n) is 1.54. The fourth-order valence-corrected chi connectivity index (χ4v) is 1.54. The number of carbonyl (C=O) groups excluding carboxylic acids is 1. The number of hydrogen-bond donors (Lipinski definition) is 2. The van der Waals surface area contributed by atoms with Crippen LogP contribution < -0.4 is 10.6 Å². The molecule has 0 radical (unpaired) electrons. The first-order chi connectivity index (χ1) is 9.27. The summed E-state index contributed by atoms with van der Waals surface area (Å²) in [5.41, 5.74) is 0.262. The third kappa shape index (κ3) is 5.95. The van der Waals surface area contributed by atoms with Gasteiger partial charge in [0.05, 0.1) is 5.56 Å². The molecule has 0 fully saturated rings. The van der Waals surface area contributed by atoms with Gasteiger partial charge < -0.3 is 10.6 Å². The number of halogens is 3. The molecule has 0 heterocycles. The first kappa shape index (κ1) is 18.3. The Kier molecular flexibility index (Phi) is 7.72. The molecule has 0 saturated heterocycles. The highest BCUT2D eigenvalue weighted by atomic mass is 19.4. The quantitative estimate of drug-likeness (QED) is 0.832. The Hall–Kier alpha value is -1.72. The molecule has 0 unspecified atom stereocenters. The molecule has 0 bridgehead atoms. The van der Waals surface area contributed by atoms with Crippen molar-refractivity contribution in [1.82, 2.24) is 5.32 Å². The van der Waals surface area contributed by atoms with E-state index in [0.717, 1.165) is 12.6 Å². The van der Waals surface area contributed by atoms with Crippen molar-refractivity contribution in [2.45, 2.75) is 32.9 Å². The SMILES string of the molecule is CCNC=O.CNc1ccc(C(C)C)c(C(F)(F)F)c1. The average molecular weight is 290 g/mol. The molecule has 0 atom stereocenters. The summed E-state index contributed by atoms with van der Waals surface area (Å²) in [5.74, 6) is -0.132. The fraction of sp³-hybridized carbons (Fsp3) is 0.500. The van der Waals surface area contributed by atoms with Crippen molar-refractivity contribution < 1.29 is 18.0 Å². The summed E-state index contributed by atoms with van der Waals surface area (Å²) in [6.45, 7) is 6.10. The largest absolute Gasteiger partial charge is 0.416 e. The minimum atomic E-state index is -4.29. The normalized spacial score (nSPS) is 10.6. The number of alkyl halides is 3. The summed E-state index contributed by atoms with van der Waals surface area (Å²) < 4.78 is 38.1. The van der Waals surface area contributed by atoms with Crippen LogP contribution in [0, 0.1) is 0 Å². The molecular weight excluding hydrogens is 269 g/mol. The molecule has 6 heteroatoms. The number of nitrogens with one attached hydrogen (secondary N) is 2. The Morgan fingerprint density at radius 2 is 1.90 bits per heavy atom. The number of anilines is 1. The van der Waals surface area contributed by atoms with E-state index in [4.69, 9.17) is 0 Å². The molecule has 114 valence electrons. The van der Waals surface area contributed by atoms with Crippen LogP contribution in [0.25, 0.3) is 0 Å². The van der Waals surface area contributed by atoms with E-state index in [0.29, 0.717) is 17.7 Å². The second-order valence-electron chi connectivity index (χ2n) is 4.38. The van der Waals surface area contributed by atoms with Crippen LogP contribution in [0.1, 0.15) is 37.8 Å². The molecule has 1 rings (SSSR count). The number of amides is 1. The Morgan fingerprint density at radius 3 is 2.20 bits per heavy atom. The Balaban J connectivity index is 0.000000621. The smallest absolute Gasteiger partial charge is 0.388 e. The second kappa shape index (κ2) is 8.45. The number of benzene rings is 1. The molecule has 2 N–H and O–H groups in total. The summed E-state index contributed by atoms with van der Waals surface area (Å²) in [4.78, 5) is 9.29. The van der Waals surface area contributed by atoms with E-state index >= 15 is 0 Å². The molecule has 0 aliphatic rings. The lowest BCUT2D eigenvalue weighted by Gasteiger charge is -2.16. The third-order valence-electron chi connectivity index (χ3n) is 2.56. The molecular formula is C14H21F3N2O. The number of hydrogen-bond acceptors (Lipinski definition) is 2. The highest BCUT2D eigenvalue weighted by molar-refractivity contribution is 5.50. The third-order valence-corrected chi connectivity index (χ3v) is 2.56. The van der Waals surface area contributed by atoms with Gasteiger partial charge in [0.25, 0.3) is 0 Å². The van der Waals surface area contributed by atoms with Crippen LogP contribution in [0.2, 0.25) is 0 Å². The van der Waals surface area contributed by atoms with Crippen molar-refractivity contribution in [2.75, 3.05) is 18.9 Å². The number of rotatable bonds is 4. The van der Waals surface area contributed by atoms with Crippen LogP contribution in [-0.4, -0.2) is 20.0 Å². The predicted molar refractivity (Wildman–Crippen MR) is 74.8 cm³/mol. The van der Waals surface area contributed by atoms with Gasteiger partial charge in [-0.2, -0.15) is 13.2 Å². The maximum absolute atomic E-state index is 12.7.